The maximum Gasteiger partial charge on any atom is 0.184 e. The first-order valence-corrected chi connectivity index (χ1v) is 3.93. The summed E-state index contributed by atoms with van der Waals surface area (Å²) in [6, 6.07) is 0. The lowest BCUT2D eigenvalue weighted by Gasteiger charge is -2.02. The van der Waals surface area contributed by atoms with Crippen LogP contribution < -0.4 is 5.32 Å². The Kier molecular flexibility index (Phi) is 2.24. The Labute approximate surface area is 63.7 Å². The van der Waals surface area contributed by atoms with E-state index in [-0.39, 0.29) is 0 Å². The molecule has 0 amide bonds. The van der Waals surface area contributed by atoms with Crippen molar-refractivity contribution in [2.45, 2.75) is 20.1 Å². The van der Waals surface area contributed by atoms with Crippen molar-refractivity contribution in [1.29, 1.82) is 0 Å². The topological polar surface area (TPSA) is 45.1 Å². The summed E-state index contributed by atoms with van der Waals surface area (Å²) in [5.74, 6) is 0. The Bertz CT molecular complexity index is 209. The van der Waals surface area contributed by atoms with Crippen LogP contribution in [0.4, 0.5) is 5.13 Å². The van der Waals surface area contributed by atoms with Crippen LogP contribution in [0.1, 0.15) is 12.6 Å². The zero-order valence-electron chi connectivity index (χ0n) is 5.96. The summed E-state index contributed by atoms with van der Waals surface area (Å²) >= 11 is 1.50. The number of anilines is 1. The number of aromatic nitrogens is 1. The van der Waals surface area contributed by atoms with Crippen molar-refractivity contribution in [2.75, 3.05) is 5.32 Å². The number of hydrogen-bond donors (Lipinski definition) is 2. The van der Waals surface area contributed by atoms with Gasteiger partial charge in [-0.05, 0) is 13.8 Å². The molecule has 1 aromatic rings. The summed E-state index contributed by atoms with van der Waals surface area (Å²) < 4.78 is 0. The molecule has 0 aliphatic rings. The molecule has 56 valence electrons. The monoisotopic (exact) mass is 158 g/mol. The molecule has 10 heavy (non-hydrogen) atoms. The maximum absolute atomic E-state index is 8.87. The third kappa shape index (κ3) is 1.97. The number of aliphatic hydroxyl groups excluding tert-OH is 1. The zero-order valence-corrected chi connectivity index (χ0v) is 6.77. The average Bonchev–Trinajstić information content (AvgIpc) is 2.13. The minimum Gasteiger partial charge on any atom is -0.374 e. The van der Waals surface area contributed by atoms with Crippen LogP contribution in [0, 0.1) is 6.92 Å². The minimum absolute atomic E-state index is 0.523. The molecule has 1 rings (SSSR count). The molecule has 0 bridgehead atoms. The SMILES string of the molecule is Cc1csc(NC(C)O)n1. The lowest BCUT2D eigenvalue weighted by atomic mass is 10.6. The first-order valence-electron chi connectivity index (χ1n) is 3.05. The van der Waals surface area contributed by atoms with Gasteiger partial charge in [0.2, 0.25) is 0 Å². The molecule has 2 N–H and O–H groups in total. The van der Waals surface area contributed by atoms with Gasteiger partial charge >= 0.3 is 0 Å². The Morgan fingerprint density at radius 3 is 2.90 bits per heavy atom. The molecule has 0 spiro atoms. The van der Waals surface area contributed by atoms with Gasteiger partial charge in [0.1, 0.15) is 6.23 Å². The van der Waals surface area contributed by atoms with Crippen molar-refractivity contribution in [3.63, 3.8) is 0 Å². The van der Waals surface area contributed by atoms with E-state index in [4.69, 9.17) is 5.11 Å². The Morgan fingerprint density at radius 1 is 1.80 bits per heavy atom. The molecule has 1 atom stereocenters. The van der Waals surface area contributed by atoms with Gasteiger partial charge in [-0.1, -0.05) is 0 Å². The van der Waals surface area contributed by atoms with Gasteiger partial charge in [0.05, 0.1) is 5.69 Å². The van der Waals surface area contributed by atoms with Crippen LogP contribution in [0.2, 0.25) is 0 Å². The van der Waals surface area contributed by atoms with Crippen molar-refractivity contribution >= 4 is 16.5 Å². The first kappa shape index (κ1) is 7.50. The van der Waals surface area contributed by atoms with Crippen LogP contribution >= 0.6 is 11.3 Å². The van der Waals surface area contributed by atoms with E-state index in [2.05, 4.69) is 10.3 Å². The summed E-state index contributed by atoms with van der Waals surface area (Å²) in [5, 5.41) is 14.4. The Balaban J connectivity index is 2.58. The molecule has 0 aliphatic carbocycles. The number of aryl methyl sites for hydroxylation is 1. The highest BCUT2D eigenvalue weighted by Crippen LogP contribution is 2.14. The van der Waals surface area contributed by atoms with E-state index in [1.165, 1.54) is 11.3 Å². The van der Waals surface area contributed by atoms with Gasteiger partial charge in [-0.3, -0.25) is 0 Å². The smallest absolute Gasteiger partial charge is 0.184 e. The van der Waals surface area contributed by atoms with Crippen molar-refractivity contribution < 1.29 is 5.11 Å². The molecular formula is C6H10N2OS. The summed E-state index contributed by atoms with van der Waals surface area (Å²) in [6.45, 7) is 3.58. The molecule has 0 aliphatic heterocycles. The van der Waals surface area contributed by atoms with E-state index >= 15 is 0 Å². The fourth-order valence-electron chi connectivity index (χ4n) is 0.599. The predicted molar refractivity (Wildman–Crippen MR) is 42.2 cm³/mol. The van der Waals surface area contributed by atoms with Crippen LogP contribution in [-0.4, -0.2) is 16.3 Å². The van der Waals surface area contributed by atoms with E-state index in [1.54, 1.807) is 6.92 Å². The largest absolute Gasteiger partial charge is 0.374 e. The minimum atomic E-state index is -0.523. The quantitative estimate of drug-likeness (QED) is 0.636. The van der Waals surface area contributed by atoms with E-state index in [0.717, 1.165) is 10.8 Å². The number of aliphatic hydroxyl groups is 1. The fourth-order valence-corrected chi connectivity index (χ4v) is 1.37. The van der Waals surface area contributed by atoms with Crippen LogP contribution in [0.15, 0.2) is 5.38 Å². The van der Waals surface area contributed by atoms with E-state index < -0.39 is 6.23 Å². The van der Waals surface area contributed by atoms with Gasteiger partial charge in [0, 0.05) is 5.38 Å². The number of rotatable bonds is 2. The van der Waals surface area contributed by atoms with Crippen LogP contribution in [0.3, 0.4) is 0 Å². The molecular weight excluding hydrogens is 148 g/mol. The molecule has 1 aromatic heterocycles. The van der Waals surface area contributed by atoms with Gasteiger partial charge < -0.3 is 10.4 Å². The second kappa shape index (κ2) is 2.98. The summed E-state index contributed by atoms with van der Waals surface area (Å²) in [7, 11) is 0. The van der Waals surface area contributed by atoms with Crippen LogP contribution in [0.25, 0.3) is 0 Å². The standard InChI is InChI=1S/C6H10N2OS/c1-4-3-10-6(7-4)8-5(2)9/h3,5,9H,1-2H3,(H,7,8). The molecule has 3 nitrogen and oxygen atoms in total. The number of hydrogen-bond acceptors (Lipinski definition) is 4. The van der Waals surface area contributed by atoms with E-state index in [0.29, 0.717) is 0 Å². The third-order valence-corrected chi connectivity index (χ3v) is 1.84. The Morgan fingerprint density at radius 2 is 2.50 bits per heavy atom. The van der Waals surface area contributed by atoms with Gasteiger partial charge in [0.15, 0.2) is 5.13 Å². The number of thiazole rings is 1. The lowest BCUT2D eigenvalue weighted by Crippen LogP contribution is -2.12. The predicted octanol–water partition coefficient (Wildman–Crippen LogP) is 1.20. The average molecular weight is 158 g/mol. The van der Waals surface area contributed by atoms with Gasteiger partial charge in [-0.15, -0.1) is 11.3 Å². The van der Waals surface area contributed by atoms with Gasteiger partial charge in [-0.2, -0.15) is 0 Å². The highest BCUT2D eigenvalue weighted by atomic mass is 32.1. The summed E-state index contributed by atoms with van der Waals surface area (Å²) in [6.07, 6.45) is -0.523. The number of nitrogens with zero attached hydrogens (tertiary/aromatic N) is 1. The van der Waals surface area contributed by atoms with Crippen molar-refractivity contribution in [3.8, 4) is 0 Å². The van der Waals surface area contributed by atoms with Crippen molar-refractivity contribution in [3.05, 3.63) is 11.1 Å². The molecule has 0 fully saturated rings. The molecule has 0 aromatic carbocycles. The lowest BCUT2D eigenvalue weighted by molar-refractivity contribution is 0.224. The molecule has 0 radical (unpaired) electrons. The normalized spacial score (nSPS) is 13.1. The zero-order chi connectivity index (χ0) is 7.56. The second-order valence-electron chi connectivity index (χ2n) is 2.11. The van der Waals surface area contributed by atoms with Gasteiger partial charge in [0.25, 0.3) is 0 Å². The summed E-state index contributed by atoms with van der Waals surface area (Å²) in [4.78, 5) is 4.10. The molecule has 1 unspecified atom stereocenters. The highest BCUT2D eigenvalue weighted by Gasteiger charge is 1.98. The van der Waals surface area contributed by atoms with Crippen LogP contribution in [0.5, 0.6) is 0 Å². The molecule has 0 saturated heterocycles. The third-order valence-electron chi connectivity index (χ3n) is 0.951. The van der Waals surface area contributed by atoms with E-state index in [9.17, 15) is 0 Å². The van der Waals surface area contributed by atoms with E-state index in [1.807, 2.05) is 12.3 Å². The second-order valence-corrected chi connectivity index (χ2v) is 2.97. The molecule has 4 heteroatoms. The fraction of sp³-hybridized carbons (Fsp3) is 0.500. The van der Waals surface area contributed by atoms with Crippen molar-refractivity contribution in [2.24, 2.45) is 0 Å². The molecule has 1 heterocycles. The highest BCUT2D eigenvalue weighted by molar-refractivity contribution is 7.13. The summed E-state index contributed by atoms with van der Waals surface area (Å²) in [5.41, 5.74) is 0.980. The Hall–Kier alpha value is -0.610. The molecule has 0 saturated carbocycles. The van der Waals surface area contributed by atoms with Crippen LogP contribution in [-0.2, 0) is 0 Å². The first-order chi connectivity index (χ1) is 4.68. The maximum atomic E-state index is 8.87. The van der Waals surface area contributed by atoms with Gasteiger partial charge in [-0.25, -0.2) is 4.98 Å². The van der Waals surface area contributed by atoms with Crippen molar-refractivity contribution in [1.82, 2.24) is 4.98 Å². The number of nitrogens with one attached hydrogen (secondary N) is 1.